The third kappa shape index (κ3) is 16.0. The first-order valence-corrected chi connectivity index (χ1v) is 24.8. The summed E-state index contributed by atoms with van der Waals surface area (Å²) in [5, 5.41) is 5.36. The van der Waals surface area contributed by atoms with Gasteiger partial charge < -0.3 is 9.80 Å². The van der Waals surface area contributed by atoms with Gasteiger partial charge in [-0.05, 0) is 90.8 Å². The summed E-state index contributed by atoms with van der Waals surface area (Å²) in [7, 11) is 0. The highest BCUT2D eigenvalue weighted by atomic mass is 16.2. The topological polar surface area (TPSA) is 81.2 Å². The average Bonchev–Trinajstić information content (AvgIpc) is 3.37. The van der Waals surface area contributed by atoms with Crippen molar-refractivity contribution in [2.75, 3.05) is 26.2 Å². The Balaban J connectivity index is 0.000000241. The highest BCUT2D eigenvalue weighted by molar-refractivity contribution is 5.99. The van der Waals surface area contributed by atoms with E-state index in [2.05, 4.69) is 165 Å². The first kappa shape index (κ1) is 57.3. The summed E-state index contributed by atoms with van der Waals surface area (Å²) in [6.45, 7) is 30.1. The zero-order chi connectivity index (χ0) is 51.7. The molecule has 2 fully saturated rings. The van der Waals surface area contributed by atoms with Crippen molar-refractivity contribution >= 4 is 45.4 Å². The van der Waals surface area contributed by atoms with Crippen LogP contribution in [0.1, 0.15) is 104 Å². The summed E-state index contributed by atoms with van der Waals surface area (Å²) in [6, 6.07) is 51.0. The number of urea groups is 2. The number of rotatable bonds is 12. The second-order valence-electron chi connectivity index (χ2n) is 17.8. The number of imide groups is 2. The van der Waals surface area contributed by atoms with Gasteiger partial charge in [-0.15, -0.1) is 19.7 Å². The maximum absolute atomic E-state index is 12.1. The van der Waals surface area contributed by atoms with Gasteiger partial charge in [-0.1, -0.05) is 198 Å². The smallest absolute Gasteiger partial charge is 0.315 e. The summed E-state index contributed by atoms with van der Waals surface area (Å²) < 4.78 is 0. The Labute approximate surface area is 420 Å². The van der Waals surface area contributed by atoms with Crippen LogP contribution in [0.4, 0.5) is 9.59 Å². The van der Waals surface area contributed by atoms with Gasteiger partial charge in [-0.2, -0.15) is 0 Å². The fraction of sp³-hybridized carbons (Fsp3) is 0.323. The van der Waals surface area contributed by atoms with Crippen molar-refractivity contribution in [3.63, 3.8) is 0 Å². The maximum Gasteiger partial charge on any atom is 0.327 e. The van der Waals surface area contributed by atoms with E-state index >= 15 is 0 Å². The molecule has 6 amide bonds. The van der Waals surface area contributed by atoms with Gasteiger partial charge in [0.2, 0.25) is 11.8 Å². The lowest BCUT2D eigenvalue weighted by Crippen LogP contribution is -2.61. The van der Waals surface area contributed by atoms with Gasteiger partial charge in [0.25, 0.3) is 0 Å². The molecule has 0 aliphatic carbocycles. The summed E-state index contributed by atoms with van der Waals surface area (Å²) in [6.07, 6.45) is 8.43. The largest absolute Gasteiger partial charge is 0.327 e. The van der Waals surface area contributed by atoms with E-state index in [1.165, 1.54) is 53.6 Å². The van der Waals surface area contributed by atoms with E-state index in [0.717, 1.165) is 19.3 Å². The van der Waals surface area contributed by atoms with E-state index in [1.54, 1.807) is 28.0 Å². The quantitative estimate of drug-likeness (QED) is 0.114. The molecule has 70 heavy (non-hydrogen) atoms. The summed E-state index contributed by atoms with van der Waals surface area (Å²) in [5.74, 6) is -0.215. The van der Waals surface area contributed by atoms with Gasteiger partial charge in [0.05, 0.1) is 12.8 Å². The van der Waals surface area contributed by atoms with Crippen LogP contribution in [0.5, 0.6) is 0 Å². The lowest BCUT2D eigenvalue weighted by Gasteiger charge is -2.45. The number of fused-ring (bicyclic) bond motifs is 2. The number of hydrogen-bond acceptors (Lipinski definition) is 4. The molecule has 2 heterocycles. The molecule has 0 aromatic heterocycles. The molecule has 370 valence electrons. The van der Waals surface area contributed by atoms with E-state index in [1.807, 2.05) is 62.3 Å². The zero-order valence-electron chi connectivity index (χ0n) is 43.5. The molecule has 0 N–H and O–H groups in total. The molecule has 2 aliphatic heterocycles. The molecule has 0 bridgehead atoms. The number of benzene rings is 6. The molecule has 0 spiro atoms. The highest BCUT2D eigenvalue weighted by Gasteiger charge is 2.43. The molecule has 0 radical (unpaired) electrons. The number of hydrogen-bond donors (Lipinski definition) is 0. The van der Waals surface area contributed by atoms with Gasteiger partial charge in [-0.3, -0.25) is 19.4 Å². The molecule has 6 aromatic rings. The Hall–Kier alpha value is -7.06. The van der Waals surface area contributed by atoms with Crippen LogP contribution >= 0.6 is 0 Å². The molecular formula is C62H78N4O4. The van der Waals surface area contributed by atoms with Gasteiger partial charge in [-0.25, -0.2) is 9.59 Å². The van der Waals surface area contributed by atoms with Crippen molar-refractivity contribution in [3.8, 4) is 0 Å². The molecule has 8 heteroatoms. The van der Waals surface area contributed by atoms with Gasteiger partial charge in [0.15, 0.2) is 0 Å². The van der Waals surface area contributed by atoms with Crippen LogP contribution < -0.4 is 0 Å². The zero-order valence-corrected chi connectivity index (χ0v) is 43.5. The Bertz CT molecular complexity index is 2470. The summed E-state index contributed by atoms with van der Waals surface area (Å²) >= 11 is 0. The third-order valence-corrected chi connectivity index (χ3v) is 11.8. The molecule has 2 saturated heterocycles. The van der Waals surface area contributed by atoms with Crippen LogP contribution in [0, 0.1) is 0 Å². The van der Waals surface area contributed by atoms with Crippen LogP contribution in [-0.2, 0) is 22.4 Å². The molecule has 2 aliphatic rings. The average molecular weight is 943 g/mol. The summed E-state index contributed by atoms with van der Waals surface area (Å²) in [4.78, 5) is 53.7. The van der Waals surface area contributed by atoms with Crippen LogP contribution in [0.3, 0.4) is 0 Å². The number of carbonyl (C=O) groups is 4. The normalized spacial score (nSPS) is 14.5. The highest BCUT2D eigenvalue weighted by Crippen LogP contribution is 2.29. The first-order valence-electron chi connectivity index (χ1n) is 24.8. The van der Waals surface area contributed by atoms with Gasteiger partial charge in [0.1, 0.15) is 0 Å². The van der Waals surface area contributed by atoms with E-state index in [9.17, 15) is 19.2 Å². The van der Waals surface area contributed by atoms with E-state index < -0.39 is 11.1 Å². The van der Waals surface area contributed by atoms with E-state index in [4.69, 9.17) is 0 Å². The Morgan fingerprint density at radius 3 is 1.19 bits per heavy atom. The Morgan fingerprint density at radius 2 is 0.800 bits per heavy atom. The molecule has 6 aromatic carbocycles. The lowest BCUT2D eigenvalue weighted by molar-refractivity contribution is -0.135. The van der Waals surface area contributed by atoms with Gasteiger partial charge >= 0.3 is 12.1 Å². The molecule has 0 saturated carbocycles. The maximum atomic E-state index is 12.1. The van der Waals surface area contributed by atoms with Crippen molar-refractivity contribution in [2.45, 2.75) is 105 Å². The first-order chi connectivity index (χ1) is 33.7. The predicted molar refractivity (Wildman–Crippen MR) is 295 cm³/mol. The second kappa shape index (κ2) is 29.1. The lowest BCUT2D eigenvalue weighted by atomic mass is 9.94. The Morgan fingerprint density at radius 1 is 0.457 bits per heavy atom. The van der Waals surface area contributed by atoms with Crippen molar-refractivity contribution in [2.24, 2.45) is 0 Å². The molecule has 0 atom stereocenters. The molecule has 8 rings (SSSR count). The van der Waals surface area contributed by atoms with Gasteiger partial charge in [0, 0.05) is 37.3 Å². The van der Waals surface area contributed by atoms with Crippen molar-refractivity contribution < 1.29 is 19.2 Å². The fourth-order valence-electron chi connectivity index (χ4n) is 8.33. The Kier molecular flexibility index (Phi) is 23.8. The van der Waals surface area contributed by atoms with Crippen LogP contribution in [0.2, 0.25) is 0 Å². The molecular weight excluding hydrogens is 865 g/mol. The fourth-order valence-corrected chi connectivity index (χ4v) is 8.33. The summed E-state index contributed by atoms with van der Waals surface area (Å²) in [5.41, 5.74) is 4.67. The van der Waals surface area contributed by atoms with Crippen LogP contribution in [0.25, 0.3) is 21.5 Å². The van der Waals surface area contributed by atoms with Crippen molar-refractivity contribution in [1.29, 1.82) is 0 Å². The molecule has 0 unspecified atom stereocenters. The van der Waals surface area contributed by atoms with Crippen LogP contribution in [-0.4, -0.2) is 80.7 Å². The van der Waals surface area contributed by atoms with E-state index in [-0.39, 0.29) is 30.4 Å². The number of nitrogens with zero attached hydrogens (tertiary/aromatic N) is 4. The van der Waals surface area contributed by atoms with Crippen LogP contribution in [0.15, 0.2) is 184 Å². The number of carbonyl (C=O) groups excluding carboxylic acids is 4. The van der Waals surface area contributed by atoms with Crippen molar-refractivity contribution in [3.05, 3.63) is 206 Å². The minimum atomic E-state index is -0.444. The SMILES string of the molecule is C=CCN1C(=O)CC(C)(C)N(CC=C)C1=O.C=CCN1C(=O)N(CCC)C(=O)CC1(C)C.CC.CC.c1ccc(Cc2cccc3ccccc23)cc1.c1ccc(Cc2cccc3ccccc23)cc1. The minimum absolute atomic E-state index is 0.0721. The monoisotopic (exact) mass is 943 g/mol. The predicted octanol–water partition coefficient (Wildman–Crippen LogP) is 14.7. The van der Waals surface area contributed by atoms with Crippen molar-refractivity contribution in [1.82, 2.24) is 19.6 Å². The standard InChI is InChI=1S/2C17H14.C12H20N2O2.C12H18N2O2.2C2H6/c2*1-2-7-14(8-3-1)13-16-11-6-10-15-9-4-5-12-17(15)16;2*1-5-7-13-10(15)9-12(3,4)14(8-6-2)11(13)16;2*1-2/h2*1-12H,13H2;6H,2,5,7-9H2,1,3-4H3;5-6H,1-2,7-9H2,3-4H3;2*1-2H3. The minimum Gasteiger partial charge on any atom is -0.315 e. The van der Waals surface area contributed by atoms with E-state index in [0.29, 0.717) is 32.5 Å². The third-order valence-electron chi connectivity index (χ3n) is 11.8. The second-order valence-corrected chi connectivity index (χ2v) is 17.8. The number of amides is 6. The molecule has 8 nitrogen and oxygen atoms in total.